The number of aryl methyl sites for hydroxylation is 1. The summed E-state index contributed by atoms with van der Waals surface area (Å²) in [6, 6.07) is 7.77. The Balaban J connectivity index is 1.63. The van der Waals surface area contributed by atoms with Crippen molar-refractivity contribution >= 4 is 5.69 Å². The van der Waals surface area contributed by atoms with Gasteiger partial charge in [-0.05, 0) is 38.5 Å². The first-order chi connectivity index (χ1) is 11.8. The topological polar surface area (TPSA) is 67.9 Å². The number of nitrogens with zero attached hydrogens (tertiary/aromatic N) is 4. The summed E-state index contributed by atoms with van der Waals surface area (Å²) in [5.41, 5.74) is 2.94. The lowest BCUT2D eigenvalue weighted by Gasteiger charge is -2.18. The molecule has 3 aromatic rings. The average molecular weight is 339 g/mol. The summed E-state index contributed by atoms with van der Waals surface area (Å²) in [4.78, 5) is 4.20. The van der Waals surface area contributed by atoms with Crippen molar-refractivity contribution in [3.63, 3.8) is 0 Å². The van der Waals surface area contributed by atoms with Crippen LogP contribution >= 0.6 is 0 Å². The zero-order valence-electron chi connectivity index (χ0n) is 15.1. The van der Waals surface area contributed by atoms with Crippen molar-refractivity contribution in [1.82, 2.24) is 19.3 Å². The Morgan fingerprint density at radius 2 is 1.92 bits per heavy atom. The summed E-state index contributed by atoms with van der Waals surface area (Å²) in [6.07, 6.45) is 6.74. The van der Waals surface area contributed by atoms with Gasteiger partial charge in [0.2, 0.25) is 0 Å². The fourth-order valence-corrected chi connectivity index (χ4v) is 2.60. The molecule has 25 heavy (non-hydrogen) atoms. The summed E-state index contributed by atoms with van der Waals surface area (Å²) in [7, 11) is 1.87. The number of aliphatic hydroxyl groups is 1. The predicted molar refractivity (Wildman–Crippen MR) is 98.3 cm³/mol. The third-order valence-electron chi connectivity index (χ3n) is 4.15. The molecule has 0 aliphatic heterocycles. The fourth-order valence-electron chi connectivity index (χ4n) is 2.60. The Morgan fingerprint density at radius 3 is 2.48 bits per heavy atom. The Labute approximate surface area is 148 Å². The van der Waals surface area contributed by atoms with Crippen LogP contribution in [0.2, 0.25) is 0 Å². The van der Waals surface area contributed by atoms with E-state index in [4.69, 9.17) is 0 Å². The molecule has 132 valence electrons. The van der Waals surface area contributed by atoms with E-state index in [-0.39, 0.29) is 5.54 Å². The molecule has 0 spiro atoms. The maximum atomic E-state index is 10.4. The van der Waals surface area contributed by atoms with Gasteiger partial charge in [0.05, 0.1) is 11.7 Å². The fraction of sp³-hybridized carbons (Fsp3) is 0.368. The number of hydrogen-bond donors (Lipinski definition) is 2. The first-order valence-electron chi connectivity index (χ1n) is 8.38. The molecule has 0 saturated heterocycles. The van der Waals surface area contributed by atoms with Crippen molar-refractivity contribution < 1.29 is 5.11 Å². The number of imidazole rings is 1. The molecule has 2 heterocycles. The molecule has 0 fully saturated rings. The summed E-state index contributed by atoms with van der Waals surface area (Å²) in [5, 5.41) is 18.2. The van der Waals surface area contributed by atoms with E-state index in [2.05, 4.69) is 42.4 Å². The van der Waals surface area contributed by atoms with Crippen LogP contribution in [-0.4, -0.2) is 24.4 Å². The van der Waals surface area contributed by atoms with Gasteiger partial charge in [-0.3, -0.25) is 4.68 Å². The summed E-state index contributed by atoms with van der Waals surface area (Å²) in [6.45, 7) is 7.09. The van der Waals surface area contributed by atoms with Crippen molar-refractivity contribution in [2.45, 2.75) is 39.0 Å². The number of aliphatic hydroxyl groups excluding tert-OH is 1. The lowest BCUT2D eigenvalue weighted by molar-refractivity contribution is 0.206. The zero-order valence-corrected chi connectivity index (χ0v) is 15.1. The quantitative estimate of drug-likeness (QED) is 0.750. The van der Waals surface area contributed by atoms with E-state index >= 15 is 0 Å². The van der Waals surface area contributed by atoms with Crippen LogP contribution in [0.1, 0.15) is 43.8 Å². The van der Waals surface area contributed by atoms with Crippen LogP contribution in [0.4, 0.5) is 5.69 Å². The van der Waals surface area contributed by atoms with Gasteiger partial charge in [-0.15, -0.1) is 0 Å². The van der Waals surface area contributed by atoms with Gasteiger partial charge in [0.25, 0.3) is 0 Å². The maximum absolute atomic E-state index is 10.4. The molecule has 0 aliphatic carbocycles. The number of benzene rings is 1. The highest BCUT2D eigenvalue weighted by Crippen LogP contribution is 2.22. The molecule has 0 saturated carbocycles. The molecule has 0 amide bonds. The van der Waals surface area contributed by atoms with E-state index in [0.29, 0.717) is 12.4 Å². The first kappa shape index (κ1) is 17.2. The minimum Gasteiger partial charge on any atom is -0.381 e. The van der Waals surface area contributed by atoms with Gasteiger partial charge in [0.15, 0.2) is 0 Å². The molecular formula is C19H25N5O. The van der Waals surface area contributed by atoms with E-state index in [9.17, 15) is 5.11 Å². The predicted octanol–water partition coefficient (Wildman–Crippen LogP) is 3.07. The second-order valence-corrected chi connectivity index (χ2v) is 7.24. The highest BCUT2D eigenvalue weighted by Gasteiger charge is 2.15. The van der Waals surface area contributed by atoms with Gasteiger partial charge in [-0.1, -0.05) is 12.1 Å². The lowest BCUT2D eigenvalue weighted by atomic mass is 10.1. The van der Waals surface area contributed by atoms with E-state index in [1.807, 2.05) is 53.0 Å². The smallest absolute Gasteiger partial charge is 0.142 e. The number of nitrogens with one attached hydrogen (secondary N) is 1. The molecule has 3 rings (SSSR count). The van der Waals surface area contributed by atoms with Crippen LogP contribution < -0.4 is 5.32 Å². The Morgan fingerprint density at radius 1 is 1.20 bits per heavy atom. The van der Waals surface area contributed by atoms with E-state index in [1.165, 1.54) is 0 Å². The van der Waals surface area contributed by atoms with Crippen molar-refractivity contribution in [2.24, 2.45) is 7.05 Å². The van der Waals surface area contributed by atoms with Crippen LogP contribution in [0, 0.1) is 0 Å². The zero-order chi connectivity index (χ0) is 18.0. The monoisotopic (exact) mass is 339 g/mol. The standard InChI is InChI=1S/C19H25N5O/c1-19(2,3)24-13-14(12-22-24)11-21-16-7-5-15(6-8-16)17(25)18-20-9-10-23(18)4/h5-10,12-13,17,21,25H,11H2,1-4H3. The SMILES string of the molecule is Cn1ccnc1C(O)c1ccc(NCc2cnn(C(C)(C)C)c2)cc1. The van der Waals surface area contributed by atoms with Gasteiger partial charge in [-0.25, -0.2) is 4.98 Å². The van der Waals surface area contributed by atoms with Gasteiger partial charge in [0.1, 0.15) is 11.9 Å². The third kappa shape index (κ3) is 3.91. The van der Waals surface area contributed by atoms with Gasteiger partial charge < -0.3 is 15.0 Å². The Hall–Kier alpha value is -2.60. The molecule has 0 bridgehead atoms. The van der Waals surface area contributed by atoms with Crippen molar-refractivity contribution in [3.8, 4) is 0 Å². The van der Waals surface area contributed by atoms with E-state index < -0.39 is 6.10 Å². The molecule has 1 unspecified atom stereocenters. The minimum absolute atomic E-state index is 0.0129. The molecule has 6 heteroatoms. The average Bonchev–Trinajstić information content (AvgIpc) is 3.21. The third-order valence-corrected chi connectivity index (χ3v) is 4.15. The second-order valence-electron chi connectivity index (χ2n) is 7.24. The molecule has 2 aromatic heterocycles. The van der Waals surface area contributed by atoms with Gasteiger partial charge >= 0.3 is 0 Å². The van der Waals surface area contributed by atoms with E-state index in [0.717, 1.165) is 16.8 Å². The second kappa shape index (κ2) is 6.72. The molecule has 0 aliphatic rings. The van der Waals surface area contributed by atoms with Crippen molar-refractivity contribution in [1.29, 1.82) is 0 Å². The number of rotatable bonds is 5. The van der Waals surface area contributed by atoms with Crippen LogP contribution in [0.15, 0.2) is 49.1 Å². The van der Waals surface area contributed by atoms with Crippen molar-refractivity contribution in [3.05, 3.63) is 66.0 Å². The molecule has 2 N–H and O–H groups in total. The number of anilines is 1. The summed E-state index contributed by atoms with van der Waals surface area (Å²) in [5.74, 6) is 0.635. The molecule has 6 nitrogen and oxygen atoms in total. The first-order valence-corrected chi connectivity index (χ1v) is 8.38. The highest BCUT2D eigenvalue weighted by atomic mass is 16.3. The number of hydrogen-bond acceptors (Lipinski definition) is 4. The molecule has 0 radical (unpaired) electrons. The van der Waals surface area contributed by atoms with Crippen LogP contribution in [0.25, 0.3) is 0 Å². The highest BCUT2D eigenvalue weighted by molar-refractivity contribution is 5.46. The number of aromatic nitrogens is 4. The summed E-state index contributed by atoms with van der Waals surface area (Å²) >= 11 is 0. The summed E-state index contributed by atoms with van der Waals surface area (Å²) < 4.78 is 3.79. The Kier molecular flexibility index (Phi) is 4.63. The van der Waals surface area contributed by atoms with Crippen LogP contribution in [0.3, 0.4) is 0 Å². The molecule has 1 atom stereocenters. The molecule has 1 aromatic carbocycles. The van der Waals surface area contributed by atoms with Crippen molar-refractivity contribution in [2.75, 3.05) is 5.32 Å². The largest absolute Gasteiger partial charge is 0.381 e. The minimum atomic E-state index is -0.723. The van der Waals surface area contributed by atoms with Crippen LogP contribution in [0.5, 0.6) is 0 Å². The van der Waals surface area contributed by atoms with Gasteiger partial charge in [-0.2, -0.15) is 5.10 Å². The van der Waals surface area contributed by atoms with Gasteiger partial charge in [0, 0.05) is 43.4 Å². The Bertz CT molecular complexity index is 826. The van der Waals surface area contributed by atoms with Crippen LogP contribution in [-0.2, 0) is 19.1 Å². The lowest BCUT2D eigenvalue weighted by Crippen LogP contribution is -2.21. The normalized spacial score (nSPS) is 13.0. The van der Waals surface area contributed by atoms with E-state index in [1.54, 1.807) is 6.20 Å². The maximum Gasteiger partial charge on any atom is 0.142 e. The molecular weight excluding hydrogens is 314 g/mol.